The summed E-state index contributed by atoms with van der Waals surface area (Å²) in [7, 11) is 1.63. The van der Waals surface area contributed by atoms with E-state index in [1.54, 1.807) is 7.11 Å². The van der Waals surface area contributed by atoms with Crippen LogP contribution in [-0.2, 0) is 19.5 Å². The Hall–Kier alpha value is -4.10. The zero-order valence-corrected chi connectivity index (χ0v) is 21.0. The highest BCUT2D eigenvalue weighted by Gasteiger charge is 2.28. The average Bonchev–Trinajstić information content (AvgIpc) is 3.41. The van der Waals surface area contributed by atoms with Crippen LogP contribution in [-0.4, -0.2) is 34.9 Å². The summed E-state index contributed by atoms with van der Waals surface area (Å²) in [5.41, 5.74) is 4.85. The van der Waals surface area contributed by atoms with Crippen LogP contribution in [0.1, 0.15) is 39.8 Å². The molecule has 188 valence electrons. The number of aryl methyl sites for hydroxylation is 1. The molecule has 0 spiro atoms. The molecular formula is C30H29N3O4. The zero-order valence-electron chi connectivity index (χ0n) is 21.0. The first kappa shape index (κ1) is 23.3. The molecule has 0 fully saturated rings. The number of fused-ring (bicyclic) bond motifs is 2. The van der Waals surface area contributed by atoms with E-state index in [4.69, 9.17) is 19.2 Å². The lowest BCUT2D eigenvalue weighted by Crippen LogP contribution is -2.40. The molecule has 0 N–H and O–H groups in total. The summed E-state index contributed by atoms with van der Waals surface area (Å²) in [5, 5.41) is 0. The van der Waals surface area contributed by atoms with Crippen molar-refractivity contribution in [3.63, 3.8) is 0 Å². The van der Waals surface area contributed by atoms with Crippen molar-refractivity contribution in [2.24, 2.45) is 0 Å². The molecule has 7 nitrogen and oxygen atoms in total. The Morgan fingerprint density at radius 3 is 2.38 bits per heavy atom. The van der Waals surface area contributed by atoms with E-state index in [0.717, 1.165) is 46.7 Å². The van der Waals surface area contributed by atoms with Crippen molar-refractivity contribution in [3.8, 4) is 17.2 Å². The molecule has 0 amide bonds. The molecule has 6 rings (SSSR count). The molecule has 2 aliphatic rings. The van der Waals surface area contributed by atoms with Gasteiger partial charge in [0.05, 0.1) is 24.4 Å². The van der Waals surface area contributed by atoms with Crippen LogP contribution in [0.4, 0.5) is 0 Å². The van der Waals surface area contributed by atoms with Crippen LogP contribution in [0.2, 0.25) is 0 Å². The van der Waals surface area contributed by atoms with Gasteiger partial charge >= 0.3 is 0 Å². The molecule has 3 aromatic carbocycles. The second-order valence-electron chi connectivity index (χ2n) is 9.48. The first-order valence-electron chi connectivity index (χ1n) is 12.5. The van der Waals surface area contributed by atoms with Gasteiger partial charge in [-0.2, -0.15) is 0 Å². The summed E-state index contributed by atoms with van der Waals surface area (Å²) in [4.78, 5) is 21.3. The Bertz CT molecular complexity index is 1450. The number of hydrogen-bond acceptors (Lipinski definition) is 6. The van der Waals surface area contributed by atoms with E-state index in [-0.39, 0.29) is 18.4 Å². The second kappa shape index (κ2) is 9.75. The van der Waals surface area contributed by atoms with Gasteiger partial charge in [0.15, 0.2) is 11.5 Å². The lowest BCUT2D eigenvalue weighted by atomic mass is 9.97. The molecule has 37 heavy (non-hydrogen) atoms. The first-order valence-corrected chi connectivity index (χ1v) is 12.5. The summed E-state index contributed by atoms with van der Waals surface area (Å²) < 4.78 is 18.5. The molecule has 0 aliphatic carbocycles. The molecule has 0 atom stereocenters. The maximum atomic E-state index is 14.1. The third kappa shape index (κ3) is 4.36. The van der Waals surface area contributed by atoms with Crippen LogP contribution >= 0.6 is 0 Å². The van der Waals surface area contributed by atoms with Crippen molar-refractivity contribution in [2.75, 3.05) is 20.4 Å². The van der Waals surface area contributed by atoms with Gasteiger partial charge in [0, 0.05) is 26.1 Å². The molecule has 7 heteroatoms. The van der Waals surface area contributed by atoms with E-state index >= 15 is 0 Å². The predicted molar refractivity (Wildman–Crippen MR) is 140 cm³/mol. The highest BCUT2D eigenvalue weighted by Crippen LogP contribution is 2.42. The largest absolute Gasteiger partial charge is 0.493 e. The molecule has 0 unspecified atom stereocenters. The molecular weight excluding hydrogens is 466 g/mol. The number of ether oxygens (including phenoxy) is 3. The number of hydrogen-bond donors (Lipinski definition) is 0. The monoisotopic (exact) mass is 495 g/mol. The van der Waals surface area contributed by atoms with Crippen molar-refractivity contribution in [1.82, 2.24) is 14.5 Å². The topological polar surface area (TPSA) is 65.8 Å². The molecule has 3 heterocycles. The minimum absolute atomic E-state index is 0.0215. The van der Waals surface area contributed by atoms with Crippen molar-refractivity contribution in [3.05, 3.63) is 117 Å². The summed E-state index contributed by atoms with van der Waals surface area (Å²) in [6, 6.07) is 24.1. The van der Waals surface area contributed by atoms with Crippen molar-refractivity contribution in [1.29, 1.82) is 0 Å². The lowest BCUT2D eigenvalue weighted by molar-refractivity contribution is 0.171. The van der Waals surface area contributed by atoms with Crippen molar-refractivity contribution in [2.45, 2.75) is 32.5 Å². The second-order valence-corrected chi connectivity index (χ2v) is 9.48. The van der Waals surface area contributed by atoms with E-state index in [0.29, 0.717) is 30.3 Å². The van der Waals surface area contributed by atoms with Gasteiger partial charge in [-0.25, -0.2) is 4.98 Å². The fraction of sp³-hybridized carbons (Fsp3) is 0.267. The Morgan fingerprint density at radius 1 is 1.00 bits per heavy atom. The number of nitrogens with zero attached hydrogens (tertiary/aromatic N) is 3. The molecule has 4 aromatic rings. The Kier molecular flexibility index (Phi) is 6.14. The van der Waals surface area contributed by atoms with Crippen LogP contribution in [0.3, 0.4) is 0 Å². The van der Waals surface area contributed by atoms with Gasteiger partial charge in [-0.1, -0.05) is 60.7 Å². The fourth-order valence-electron chi connectivity index (χ4n) is 5.40. The maximum Gasteiger partial charge on any atom is 0.259 e. The van der Waals surface area contributed by atoms with Crippen LogP contribution in [0.15, 0.2) is 77.6 Å². The van der Waals surface area contributed by atoms with Gasteiger partial charge in [0.2, 0.25) is 12.5 Å². The smallest absolute Gasteiger partial charge is 0.259 e. The molecule has 1 aromatic heterocycles. The summed E-state index contributed by atoms with van der Waals surface area (Å²) in [5.74, 6) is 2.73. The molecule has 0 saturated heterocycles. The summed E-state index contributed by atoms with van der Waals surface area (Å²) >= 11 is 0. The highest BCUT2D eigenvalue weighted by molar-refractivity contribution is 5.55. The van der Waals surface area contributed by atoms with E-state index in [1.807, 2.05) is 60.0 Å². The minimum Gasteiger partial charge on any atom is -0.493 e. The average molecular weight is 496 g/mol. The van der Waals surface area contributed by atoms with Gasteiger partial charge in [-0.15, -0.1) is 0 Å². The van der Waals surface area contributed by atoms with Crippen LogP contribution in [0.25, 0.3) is 0 Å². The highest BCUT2D eigenvalue weighted by atomic mass is 16.7. The normalized spacial score (nSPS) is 14.6. The van der Waals surface area contributed by atoms with Gasteiger partial charge in [0.1, 0.15) is 5.82 Å². The number of benzene rings is 3. The minimum atomic E-state index is -0.249. The third-order valence-corrected chi connectivity index (χ3v) is 7.13. The first-order chi connectivity index (χ1) is 18.1. The van der Waals surface area contributed by atoms with Crippen molar-refractivity contribution >= 4 is 0 Å². The fourth-order valence-corrected chi connectivity index (χ4v) is 5.40. The quantitative estimate of drug-likeness (QED) is 0.393. The SMILES string of the molecule is COc1cc(CN2CCc3nc(C)n(C(c4ccccc4)c4ccccc4)c(=O)c3C2)cc2c1OCO2. The molecule has 2 aliphatic heterocycles. The van der Waals surface area contributed by atoms with Crippen molar-refractivity contribution < 1.29 is 14.2 Å². The third-order valence-electron chi connectivity index (χ3n) is 7.13. The zero-order chi connectivity index (χ0) is 25.4. The van der Waals surface area contributed by atoms with Gasteiger partial charge < -0.3 is 14.2 Å². The summed E-state index contributed by atoms with van der Waals surface area (Å²) in [6.07, 6.45) is 0.731. The van der Waals surface area contributed by atoms with Crippen LogP contribution in [0.5, 0.6) is 17.2 Å². The maximum absolute atomic E-state index is 14.1. The standard InChI is InChI=1S/C30H29N3O4/c1-20-31-25-13-14-32(17-21-15-26(35-2)29-27(16-21)36-19-37-29)18-24(25)30(34)33(20)28(22-9-5-3-6-10-22)23-11-7-4-8-12-23/h3-12,15-16,28H,13-14,17-19H2,1-2H3. The van der Waals surface area contributed by atoms with E-state index in [1.165, 1.54) is 0 Å². The Morgan fingerprint density at radius 2 is 1.70 bits per heavy atom. The van der Waals surface area contributed by atoms with Gasteiger partial charge in [-0.05, 0) is 35.7 Å². The summed E-state index contributed by atoms with van der Waals surface area (Å²) in [6.45, 7) is 4.15. The predicted octanol–water partition coefficient (Wildman–Crippen LogP) is 4.49. The van der Waals surface area contributed by atoms with Gasteiger partial charge in [-0.3, -0.25) is 14.3 Å². The van der Waals surface area contributed by atoms with Gasteiger partial charge in [0.25, 0.3) is 5.56 Å². The van der Waals surface area contributed by atoms with E-state index < -0.39 is 0 Å². The lowest BCUT2D eigenvalue weighted by Gasteiger charge is -2.30. The number of methoxy groups -OCH3 is 1. The molecule has 0 saturated carbocycles. The number of aromatic nitrogens is 2. The van der Waals surface area contributed by atoms with E-state index in [9.17, 15) is 4.79 Å². The molecule has 0 radical (unpaired) electrons. The van der Waals surface area contributed by atoms with Crippen LogP contribution in [0, 0.1) is 6.92 Å². The Balaban J connectivity index is 1.36. The van der Waals surface area contributed by atoms with E-state index in [2.05, 4.69) is 29.2 Å². The number of rotatable bonds is 6. The van der Waals surface area contributed by atoms with Crippen LogP contribution < -0.4 is 19.8 Å². The molecule has 0 bridgehead atoms. The Labute approximate surface area is 215 Å².